The van der Waals surface area contributed by atoms with Crippen molar-refractivity contribution >= 4 is 23.3 Å². The van der Waals surface area contributed by atoms with Gasteiger partial charge >= 0.3 is 0 Å². The average molecular weight is 423 g/mol. The summed E-state index contributed by atoms with van der Waals surface area (Å²) in [6.45, 7) is 0. The molecule has 0 radical (unpaired) electrons. The van der Waals surface area contributed by atoms with Gasteiger partial charge in [0.1, 0.15) is 6.33 Å². The molecule has 4 N–H and O–H groups in total. The van der Waals surface area contributed by atoms with Gasteiger partial charge in [-0.2, -0.15) is 10.2 Å². The van der Waals surface area contributed by atoms with Crippen LogP contribution in [0.25, 0.3) is 11.4 Å². The van der Waals surface area contributed by atoms with Gasteiger partial charge in [-0.1, -0.05) is 0 Å². The van der Waals surface area contributed by atoms with Gasteiger partial charge in [-0.15, -0.1) is 5.10 Å². The van der Waals surface area contributed by atoms with Gasteiger partial charge in [0, 0.05) is 20.3 Å². The van der Waals surface area contributed by atoms with Crippen LogP contribution in [0.15, 0.2) is 24.7 Å². The lowest BCUT2D eigenvalue weighted by molar-refractivity contribution is -0.120. The maximum absolute atomic E-state index is 12.4. The summed E-state index contributed by atoms with van der Waals surface area (Å²) in [6, 6.07) is 3.32. The van der Waals surface area contributed by atoms with Crippen LogP contribution in [0.4, 0.5) is 11.5 Å². The molecule has 0 atom stereocenters. The van der Waals surface area contributed by atoms with Gasteiger partial charge in [-0.3, -0.25) is 14.3 Å². The fourth-order valence-corrected chi connectivity index (χ4v) is 3.27. The molecule has 0 saturated heterocycles. The van der Waals surface area contributed by atoms with Crippen LogP contribution in [0.3, 0.4) is 0 Å². The maximum atomic E-state index is 12.4. The Labute approximate surface area is 177 Å². The molecule has 0 aromatic carbocycles. The zero-order valence-electron chi connectivity index (χ0n) is 17.2. The number of methoxy groups -OCH3 is 1. The first-order chi connectivity index (χ1) is 14.9. The predicted molar refractivity (Wildman–Crippen MR) is 110 cm³/mol. The number of nitrogens with one attached hydrogen (secondary N) is 2. The van der Waals surface area contributed by atoms with Gasteiger partial charge in [0.05, 0.1) is 29.5 Å². The van der Waals surface area contributed by atoms with Gasteiger partial charge < -0.3 is 21.1 Å². The van der Waals surface area contributed by atoms with E-state index in [0.717, 1.165) is 0 Å². The molecule has 4 rings (SSSR count). The zero-order valence-corrected chi connectivity index (χ0v) is 17.2. The highest BCUT2D eigenvalue weighted by molar-refractivity contribution is 5.98. The molecule has 1 fully saturated rings. The molecule has 3 heterocycles. The SMILES string of the molecule is CNC(=O)c1nnc(C2(C(N)=O)CC2)cc1Nc1nccc(-c2ncn(C)n2)c1OC. The molecular weight excluding hydrogens is 402 g/mol. The quantitative estimate of drug-likeness (QED) is 0.485. The number of rotatable bonds is 7. The van der Waals surface area contributed by atoms with Crippen molar-refractivity contribution in [3.8, 4) is 17.1 Å². The molecule has 1 saturated carbocycles. The normalized spacial score (nSPS) is 14.0. The number of aromatic nitrogens is 6. The van der Waals surface area contributed by atoms with Crippen LogP contribution < -0.4 is 21.1 Å². The Hall–Kier alpha value is -4.09. The number of ether oxygens (including phenoxy) is 1. The molecule has 0 aliphatic heterocycles. The number of carbonyl (C=O) groups is 2. The van der Waals surface area contributed by atoms with E-state index in [2.05, 4.69) is 35.9 Å². The number of hydrogen-bond acceptors (Lipinski definition) is 9. The average Bonchev–Trinajstić information content (AvgIpc) is 3.48. The van der Waals surface area contributed by atoms with Crippen LogP contribution in [-0.2, 0) is 17.3 Å². The summed E-state index contributed by atoms with van der Waals surface area (Å²) >= 11 is 0. The highest BCUT2D eigenvalue weighted by Gasteiger charge is 2.52. The molecule has 12 nitrogen and oxygen atoms in total. The Morgan fingerprint density at radius 2 is 2.03 bits per heavy atom. The molecule has 0 bridgehead atoms. The summed E-state index contributed by atoms with van der Waals surface area (Å²) in [5.74, 6) is 0.230. The van der Waals surface area contributed by atoms with Crippen molar-refractivity contribution in [3.63, 3.8) is 0 Å². The Kier molecular flexibility index (Phi) is 4.97. The maximum Gasteiger partial charge on any atom is 0.273 e. The minimum atomic E-state index is -0.859. The lowest BCUT2D eigenvalue weighted by Crippen LogP contribution is -2.30. The Morgan fingerprint density at radius 3 is 2.61 bits per heavy atom. The lowest BCUT2D eigenvalue weighted by atomic mass is 10.0. The standard InChI is InChI=1S/C19H21N9O3/c1-21-17(29)13-11(8-12(25-26-13)19(5-6-19)18(20)30)24-16-14(31-3)10(4-7-22-16)15-23-9-28(2)27-15/h4,7-9H,5-6H2,1-3H3,(H2,20,30)(H,21,29)(H,22,24,25). The number of aryl methyl sites for hydroxylation is 1. The molecular formula is C19H21N9O3. The third kappa shape index (κ3) is 3.52. The molecule has 31 heavy (non-hydrogen) atoms. The van der Waals surface area contributed by atoms with Gasteiger partial charge in [0.25, 0.3) is 5.91 Å². The highest BCUT2D eigenvalue weighted by Crippen LogP contribution is 2.47. The number of pyridine rings is 1. The minimum absolute atomic E-state index is 0.0386. The van der Waals surface area contributed by atoms with Crippen LogP contribution in [0, 0.1) is 0 Å². The Bertz CT molecular complexity index is 1170. The molecule has 2 amide bonds. The number of anilines is 2. The van der Waals surface area contributed by atoms with E-state index in [9.17, 15) is 9.59 Å². The van der Waals surface area contributed by atoms with Crippen LogP contribution in [0.1, 0.15) is 29.0 Å². The fraction of sp³-hybridized carbons (Fsp3) is 0.316. The van der Waals surface area contributed by atoms with Crippen molar-refractivity contribution in [1.29, 1.82) is 0 Å². The van der Waals surface area contributed by atoms with Gasteiger partial charge in [0.2, 0.25) is 5.91 Å². The topological polar surface area (TPSA) is 163 Å². The second-order valence-electron chi connectivity index (χ2n) is 7.12. The van der Waals surface area contributed by atoms with E-state index in [0.29, 0.717) is 47.2 Å². The third-order valence-electron chi connectivity index (χ3n) is 5.15. The lowest BCUT2D eigenvalue weighted by Gasteiger charge is -2.16. The van der Waals surface area contributed by atoms with Crippen molar-refractivity contribution in [1.82, 2.24) is 35.3 Å². The van der Waals surface area contributed by atoms with E-state index in [1.54, 1.807) is 36.4 Å². The first kappa shape index (κ1) is 20.2. The first-order valence-electron chi connectivity index (χ1n) is 9.46. The monoisotopic (exact) mass is 423 g/mol. The molecule has 1 aliphatic carbocycles. The van der Waals surface area contributed by atoms with Crippen molar-refractivity contribution < 1.29 is 14.3 Å². The van der Waals surface area contributed by atoms with Crippen LogP contribution in [-0.4, -0.2) is 55.9 Å². The van der Waals surface area contributed by atoms with Crippen molar-refractivity contribution in [2.45, 2.75) is 18.3 Å². The third-order valence-corrected chi connectivity index (χ3v) is 5.15. The molecule has 160 valence electrons. The molecule has 3 aromatic rings. The minimum Gasteiger partial charge on any atom is -0.492 e. The van der Waals surface area contributed by atoms with E-state index in [1.807, 2.05) is 0 Å². The van der Waals surface area contributed by atoms with E-state index in [-0.39, 0.29) is 5.69 Å². The summed E-state index contributed by atoms with van der Waals surface area (Å²) in [5, 5.41) is 18.1. The molecule has 12 heteroatoms. The van der Waals surface area contributed by atoms with E-state index in [4.69, 9.17) is 10.5 Å². The summed E-state index contributed by atoms with van der Waals surface area (Å²) in [6.07, 6.45) is 4.30. The van der Waals surface area contributed by atoms with Crippen LogP contribution >= 0.6 is 0 Å². The van der Waals surface area contributed by atoms with Crippen molar-refractivity contribution in [2.24, 2.45) is 12.8 Å². The second kappa shape index (κ2) is 7.63. The van der Waals surface area contributed by atoms with E-state index >= 15 is 0 Å². The summed E-state index contributed by atoms with van der Waals surface area (Å²) in [7, 11) is 4.74. The smallest absolute Gasteiger partial charge is 0.273 e. The van der Waals surface area contributed by atoms with Crippen molar-refractivity contribution in [2.75, 3.05) is 19.5 Å². The summed E-state index contributed by atoms with van der Waals surface area (Å²) < 4.78 is 7.14. The van der Waals surface area contributed by atoms with Crippen LogP contribution in [0.2, 0.25) is 0 Å². The number of hydrogen-bond donors (Lipinski definition) is 3. The molecule has 0 unspecified atom stereocenters. The molecule has 1 aliphatic rings. The van der Waals surface area contributed by atoms with Gasteiger partial charge in [-0.05, 0) is 25.0 Å². The fourth-order valence-electron chi connectivity index (χ4n) is 3.27. The van der Waals surface area contributed by atoms with Crippen molar-refractivity contribution in [3.05, 3.63) is 36.0 Å². The summed E-state index contributed by atoms with van der Waals surface area (Å²) in [5.41, 5.74) is 6.07. The number of nitrogens with two attached hydrogens (primary N) is 1. The summed E-state index contributed by atoms with van der Waals surface area (Å²) in [4.78, 5) is 32.9. The highest BCUT2D eigenvalue weighted by atomic mass is 16.5. The van der Waals surface area contributed by atoms with Gasteiger partial charge in [-0.25, -0.2) is 9.97 Å². The first-order valence-corrected chi connectivity index (χ1v) is 9.46. The zero-order chi connectivity index (χ0) is 22.2. The van der Waals surface area contributed by atoms with E-state index in [1.165, 1.54) is 14.2 Å². The molecule has 0 spiro atoms. The largest absolute Gasteiger partial charge is 0.492 e. The van der Waals surface area contributed by atoms with Crippen LogP contribution in [0.5, 0.6) is 5.75 Å². The number of nitrogens with zero attached hydrogens (tertiary/aromatic N) is 6. The predicted octanol–water partition coefficient (Wildman–Crippen LogP) is 0.296. The number of primary amides is 1. The molecule has 3 aromatic heterocycles. The Balaban J connectivity index is 1.80. The second-order valence-corrected chi connectivity index (χ2v) is 7.12. The Morgan fingerprint density at radius 1 is 1.26 bits per heavy atom. The van der Waals surface area contributed by atoms with E-state index < -0.39 is 17.2 Å². The van der Waals surface area contributed by atoms with Gasteiger partial charge in [0.15, 0.2) is 23.1 Å². The number of carbonyl (C=O) groups excluding carboxylic acids is 2. The number of amides is 2.